The number of hydrogen-bond acceptors (Lipinski definition) is 4. The van der Waals surface area contributed by atoms with Crippen LogP contribution in [-0.2, 0) is 9.63 Å². The van der Waals surface area contributed by atoms with E-state index >= 15 is 0 Å². The van der Waals surface area contributed by atoms with E-state index in [1.807, 2.05) is 39.0 Å². The van der Waals surface area contributed by atoms with Crippen LogP contribution in [0.2, 0.25) is 0 Å². The largest absolute Gasteiger partial charge is 0.496 e. The van der Waals surface area contributed by atoms with Crippen molar-refractivity contribution in [2.75, 3.05) is 20.2 Å². The zero-order valence-corrected chi connectivity index (χ0v) is 19.1. The maximum atomic E-state index is 11.9. The van der Waals surface area contributed by atoms with Gasteiger partial charge in [0.25, 0.3) is 0 Å². The summed E-state index contributed by atoms with van der Waals surface area (Å²) in [7, 11) is 1.70. The molecule has 0 aromatic heterocycles. The van der Waals surface area contributed by atoms with Gasteiger partial charge in [-0.2, -0.15) is 0 Å². The molecule has 4 nitrogen and oxygen atoms in total. The van der Waals surface area contributed by atoms with E-state index in [-0.39, 0.29) is 5.97 Å². The van der Waals surface area contributed by atoms with Gasteiger partial charge in [0.15, 0.2) is 0 Å². The van der Waals surface area contributed by atoms with E-state index in [1.54, 1.807) is 12.2 Å². The van der Waals surface area contributed by atoms with Gasteiger partial charge in [0.05, 0.1) is 7.11 Å². The van der Waals surface area contributed by atoms with Crippen LogP contribution in [0.1, 0.15) is 49.9 Å². The molecule has 0 spiro atoms. The maximum Gasteiger partial charge on any atom is 0.349 e. The number of carbonyl (C=O) groups excluding carboxylic acids is 1. The number of hydrogen-bond donors (Lipinski definition) is 0. The second-order valence-electron chi connectivity index (χ2n) is 7.08. The number of hydroxylamine groups is 2. The van der Waals surface area contributed by atoms with Crippen molar-refractivity contribution >= 4 is 12.0 Å². The molecule has 0 amide bonds. The fourth-order valence-corrected chi connectivity index (χ4v) is 2.90. The highest BCUT2D eigenvalue weighted by molar-refractivity contribution is 5.83. The Hall–Kier alpha value is -2.59. The molecule has 1 aromatic rings. The summed E-state index contributed by atoms with van der Waals surface area (Å²) >= 11 is 0. The molecule has 0 aliphatic rings. The lowest BCUT2D eigenvalue weighted by molar-refractivity contribution is -0.182. The van der Waals surface area contributed by atoms with Crippen LogP contribution in [0.25, 0.3) is 6.08 Å². The van der Waals surface area contributed by atoms with E-state index < -0.39 is 0 Å². The average molecular weight is 398 g/mol. The van der Waals surface area contributed by atoms with Crippen molar-refractivity contribution in [3.8, 4) is 5.75 Å². The molecule has 29 heavy (non-hydrogen) atoms. The van der Waals surface area contributed by atoms with Crippen molar-refractivity contribution in [1.82, 2.24) is 5.06 Å². The molecule has 0 saturated heterocycles. The fourth-order valence-electron chi connectivity index (χ4n) is 2.90. The van der Waals surface area contributed by atoms with E-state index in [2.05, 4.69) is 45.9 Å². The van der Waals surface area contributed by atoms with E-state index in [0.29, 0.717) is 13.1 Å². The highest BCUT2D eigenvalue weighted by Gasteiger charge is 2.08. The number of carbonyl (C=O) groups is 1. The molecule has 4 heteroatoms. The Bertz CT molecular complexity index is 825. The van der Waals surface area contributed by atoms with Gasteiger partial charge >= 0.3 is 5.97 Å². The molecule has 0 aliphatic carbocycles. The summed E-state index contributed by atoms with van der Waals surface area (Å²) in [5.41, 5.74) is 6.76. The highest BCUT2D eigenvalue weighted by atomic mass is 16.7. The minimum absolute atomic E-state index is 0.350. The first-order valence-electron chi connectivity index (χ1n) is 10.1. The monoisotopic (exact) mass is 397 g/mol. The van der Waals surface area contributed by atoms with E-state index in [4.69, 9.17) is 9.57 Å². The van der Waals surface area contributed by atoms with Gasteiger partial charge < -0.3 is 9.57 Å². The number of benzene rings is 1. The Morgan fingerprint density at radius 3 is 2.28 bits per heavy atom. The molecular formula is C25H35NO3. The van der Waals surface area contributed by atoms with Crippen LogP contribution in [0.4, 0.5) is 0 Å². The first-order chi connectivity index (χ1) is 13.7. The Balaban J connectivity index is 2.83. The molecule has 0 atom stereocenters. The zero-order valence-electron chi connectivity index (χ0n) is 19.1. The van der Waals surface area contributed by atoms with Gasteiger partial charge in [-0.1, -0.05) is 36.0 Å². The molecule has 0 bridgehead atoms. The summed E-state index contributed by atoms with van der Waals surface area (Å²) in [4.78, 5) is 17.1. The van der Waals surface area contributed by atoms with Crippen LogP contribution >= 0.6 is 0 Å². The third-order valence-electron chi connectivity index (χ3n) is 4.83. The molecular weight excluding hydrogens is 362 g/mol. The van der Waals surface area contributed by atoms with Gasteiger partial charge in [-0.05, 0) is 82.4 Å². The molecule has 0 N–H and O–H groups in total. The summed E-state index contributed by atoms with van der Waals surface area (Å²) in [6.07, 6.45) is 11.6. The molecule has 0 saturated carbocycles. The molecule has 0 fully saturated rings. The number of methoxy groups -OCH3 is 1. The van der Waals surface area contributed by atoms with Crippen LogP contribution < -0.4 is 4.74 Å². The van der Waals surface area contributed by atoms with Crippen molar-refractivity contribution in [1.29, 1.82) is 0 Å². The van der Waals surface area contributed by atoms with Crippen molar-refractivity contribution in [3.05, 3.63) is 69.8 Å². The SMILES string of the molecule is CCN(CC)OC(=O)/C=C(C)/C=C/C=C(C)/C=C/c1c(C)cc(OC)c(C)c1C. The number of ether oxygens (including phenoxy) is 1. The smallest absolute Gasteiger partial charge is 0.349 e. The highest BCUT2D eigenvalue weighted by Crippen LogP contribution is 2.28. The zero-order chi connectivity index (χ0) is 22.0. The first kappa shape index (κ1) is 24.4. The molecule has 0 heterocycles. The predicted molar refractivity (Wildman–Crippen MR) is 122 cm³/mol. The summed E-state index contributed by atoms with van der Waals surface area (Å²) in [6.45, 7) is 15.5. The summed E-state index contributed by atoms with van der Waals surface area (Å²) in [5.74, 6) is 0.575. The molecule has 158 valence electrons. The lowest BCUT2D eigenvalue weighted by Crippen LogP contribution is -2.26. The van der Waals surface area contributed by atoms with Crippen molar-refractivity contribution in [2.45, 2.75) is 48.5 Å². The summed E-state index contributed by atoms with van der Waals surface area (Å²) in [6, 6.07) is 2.08. The maximum absolute atomic E-state index is 11.9. The fraction of sp³-hybridized carbons (Fsp3) is 0.400. The first-order valence-corrected chi connectivity index (χ1v) is 10.1. The van der Waals surface area contributed by atoms with E-state index in [0.717, 1.165) is 22.5 Å². The second-order valence-corrected chi connectivity index (χ2v) is 7.08. The van der Waals surface area contributed by atoms with Crippen LogP contribution in [-0.4, -0.2) is 31.2 Å². The number of allylic oxidation sites excluding steroid dienone is 6. The lowest BCUT2D eigenvalue weighted by atomic mass is 9.96. The van der Waals surface area contributed by atoms with Crippen LogP contribution in [0.5, 0.6) is 5.75 Å². The lowest BCUT2D eigenvalue weighted by Gasteiger charge is -2.15. The standard InChI is InChI=1S/C25H35NO3/c1-9-26(10-2)29-25(27)16-19(4)13-11-12-18(3)14-15-23-20(5)17-24(28-8)22(7)21(23)6/h11-17H,9-10H2,1-8H3/b13-11+,15-14+,18-12+,19-16+. The molecule has 0 radical (unpaired) electrons. The minimum atomic E-state index is -0.350. The van der Waals surface area contributed by atoms with Crippen LogP contribution in [0.3, 0.4) is 0 Å². The Morgan fingerprint density at radius 2 is 1.69 bits per heavy atom. The molecule has 0 aliphatic heterocycles. The second kappa shape index (κ2) is 12.1. The van der Waals surface area contributed by atoms with Gasteiger partial charge in [-0.15, -0.1) is 5.06 Å². The predicted octanol–water partition coefficient (Wildman–Crippen LogP) is 5.88. The van der Waals surface area contributed by atoms with Gasteiger partial charge in [0.1, 0.15) is 5.75 Å². The van der Waals surface area contributed by atoms with Crippen molar-refractivity contribution in [3.63, 3.8) is 0 Å². The van der Waals surface area contributed by atoms with Gasteiger partial charge in [0, 0.05) is 19.2 Å². The minimum Gasteiger partial charge on any atom is -0.496 e. The van der Waals surface area contributed by atoms with Gasteiger partial charge in [-0.25, -0.2) is 4.79 Å². The number of aryl methyl sites for hydroxylation is 1. The normalized spacial score (nSPS) is 13.0. The topological polar surface area (TPSA) is 38.8 Å². The van der Waals surface area contributed by atoms with Crippen molar-refractivity contribution < 1.29 is 14.4 Å². The van der Waals surface area contributed by atoms with Gasteiger partial charge in [-0.3, -0.25) is 0 Å². The summed E-state index contributed by atoms with van der Waals surface area (Å²) in [5, 5.41) is 1.62. The third-order valence-corrected chi connectivity index (χ3v) is 4.83. The Labute approximate surface area is 176 Å². The number of rotatable bonds is 9. The molecule has 1 aromatic carbocycles. The van der Waals surface area contributed by atoms with Crippen molar-refractivity contribution in [2.24, 2.45) is 0 Å². The average Bonchev–Trinajstić information content (AvgIpc) is 2.68. The molecule has 1 rings (SSSR count). The quantitative estimate of drug-likeness (QED) is 0.296. The van der Waals surface area contributed by atoms with E-state index in [9.17, 15) is 4.79 Å². The van der Waals surface area contributed by atoms with Crippen LogP contribution in [0.15, 0.2) is 47.6 Å². The molecule has 0 unspecified atom stereocenters. The third kappa shape index (κ3) is 7.74. The Kier molecular flexibility index (Phi) is 10.2. The Morgan fingerprint density at radius 1 is 1.03 bits per heavy atom. The van der Waals surface area contributed by atoms with E-state index in [1.165, 1.54) is 22.8 Å². The number of nitrogens with zero attached hydrogens (tertiary/aromatic N) is 1. The van der Waals surface area contributed by atoms with Crippen LogP contribution in [0, 0.1) is 20.8 Å². The summed E-state index contributed by atoms with van der Waals surface area (Å²) < 4.78 is 5.44. The van der Waals surface area contributed by atoms with Gasteiger partial charge in [0.2, 0.25) is 0 Å².